The third-order valence-electron chi connectivity index (χ3n) is 1.63. The number of rotatable bonds is 1. The molecule has 0 spiro atoms. The summed E-state index contributed by atoms with van der Waals surface area (Å²) in [7, 11) is 2.11. The molecule has 1 heteroatoms. The van der Waals surface area contributed by atoms with Crippen molar-refractivity contribution in [3.8, 4) is 0 Å². The van der Waals surface area contributed by atoms with Crippen LogP contribution in [0, 0.1) is 5.92 Å². The Balaban J connectivity index is 2.01. The molecule has 1 saturated carbocycles. The van der Waals surface area contributed by atoms with Gasteiger partial charge in [-0.2, -0.15) is 0 Å². The van der Waals surface area contributed by atoms with Gasteiger partial charge in [-0.15, -0.1) is 0 Å². The number of hydrogen-bond acceptors (Lipinski definition) is 0. The molecule has 1 fully saturated rings. The Hall–Kier alpha value is 0.217. The van der Waals surface area contributed by atoms with Crippen LogP contribution in [0.2, 0.25) is 6.04 Å². The first-order valence-electron chi connectivity index (χ1n) is 2.72. The van der Waals surface area contributed by atoms with Crippen LogP contribution in [0.25, 0.3) is 0 Å². The van der Waals surface area contributed by atoms with E-state index in [-0.39, 0.29) is 0 Å². The summed E-state index contributed by atoms with van der Waals surface area (Å²) in [6.07, 6.45) is 4.54. The standard InChI is InChI=1S/C5H11Si/c6-4-5-2-1-3-5/h5H,1-4,6H2. The van der Waals surface area contributed by atoms with Crippen LogP contribution >= 0.6 is 0 Å². The molecule has 0 bridgehead atoms. The van der Waals surface area contributed by atoms with Crippen molar-refractivity contribution < 1.29 is 0 Å². The van der Waals surface area contributed by atoms with Gasteiger partial charge in [0, 0.05) is 10.2 Å². The molecule has 0 atom stereocenters. The largest absolute Gasteiger partial charge is 0.0624 e. The molecule has 0 heterocycles. The highest BCUT2D eigenvalue weighted by atomic mass is 28.1. The zero-order valence-corrected chi connectivity index (χ0v) is 5.53. The van der Waals surface area contributed by atoms with E-state index in [1.54, 1.807) is 0 Å². The van der Waals surface area contributed by atoms with Crippen LogP contribution in [-0.2, 0) is 0 Å². The summed E-state index contributed by atoms with van der Waals surface area (Å²) in [4.78, 5) is 0. The highest BCUT2D eigenvalue weighted by Crippen LogP contribution is 2.28. The van der Waals surface area contributed by atoms with Gasteiger partial charge >= 0.3 is 0 Å². The van der Waals surface area contributed by atoms with Crippen LogP contribution in [0.1, 0.15) is 19.3 Å². The highest BCUT2D eigenvalue weighted by molar-refractivity contribution is 6.08. The molecule has 1 radical (unpaired) electrons. The maximum absolute atomic E-state index is 2.11. The van der Waals surface area contributed by atoms with Gasteiger partial charge in [0.1, 0.15) is 0 Å². The van der Waals surface area contributed by atoms with Crippen molar-refractivity contribution in [2.24, 2.45) is 5.92 Å². The zero-order chi connectivity index (χ0) is 4.41. The Morgan fingerprint density at radius 1 is 1.50 bits per heavy atom. The monoisotopic (exact) mass is 99.1 g/mol. The molecule has 0 unspecified atom stereocenters. The van der Waals surface area contributed by atoms with Crippen molar-refractivity contribution >= 4 is 10.2 Å². The maximum Gasteiger partial charge on any atom is 0.00833 e. The predicted molar refractivity (Wildman–Crippen MR) is 30.7 cm³/mol. The second-order valence-electron chi connectivity index (χ2n) is 2.09. The van der Waals surface area contributed by atoms with Crippen LogP contribution in [-0.4, -0.2) is 10.2 Å². The van der Waals surface area contributed by atoms with Gasteiger partial charge in [0.05, 0.1) is 0 Å². The molecule has 0 N–H and O–H groups in total. The van der Waals surface area contributed by atoms with E-state index >= 15 is 0 Å². The van der Waals surface area contributed by atoms with Crippen molar-refractivity contribution in [2.45, 2.75) is 25.3 Å². The van der Waals surface area contributed by atoms with Crippen LogP contribution in [0.4, 0.5) is 0 Å². The first-order chi connectivity index (χ1) is 2.93. The summed E-state index contributed by atoms with van der Waals surface area (Å²) in [6.45, 7) is 0. The SMILES string of the molecule is [SiH2]CC1CCC1. The van der Waals surface area contributed by atoms with E-state index in [4.69, 9.17) is 0 Å². The lowest BCUT2D eigenvalue weighted by molar-refractivity contribution is 0.347. The summed E-state index contributed by atoms with van der Waals surface area (Å²) in [5.41, 5.74) is 0. The summed E-state index contributed by atoms with van der Waals surface area (Å²) in [6, 6.07) is 1.44. The van der Waals surface area contributed by atoms with Gasteiger partial charge in [0.15, 0.2) is 0 Å². The van der Waals surface area contributed by atoms with Gasteiger partial charge in [-0.3, -0.25) is 0 Å². The highest BCUT2D eigenvalue weighted by Gasteiger charge is 2.13. The molecule has 1 aliphatic carbocycles. The zero-order valence-electron chi connectivity index (χ0n) is 4.11. The molecule has 35 valence electrons. The molecule has 0 aliphatic heterocycles. The second kappa shape index (κ2) is 1.78. The van der Waals surface area contributed by atoms with Gasteiger partial charge < -0.3 is 0 Å². The lowest BCUT2D eigenvalue weighted by atomic mass is 9.87. The van der Waals surface area contributed by atoms with E-state index in [0.29, 0.717) is 0 Å². The lowest BCUT2D eigenvalue weighted by Crippen LogP contribution is -2.08. The number of hydrogen-bond donors (Lipinski definition) is 0. The molecular weight excluding hydrogens is 88.1 g/mol. The van der Waals surface area contributed by atoms with E-state index in [2.05, 4.69) is 10.2 Å². The molecule has 0 amide bonds. The average molecular weight is 99.2 g/mol. The van der Waals surface area contributed by atoms with Crippen molar-refractivity contribution in [1.82, 2.24) is 0 Å². The van der Waals surface area contributed by atoms with E-state index in [9.17, 15) is 0 Å². The summed E-state index contributed by atoms with van der Waals surface area (Å²) < 4.78 is 0. The summed E-state index contributed by atoms with van der Waals surface area (Å²) >= 11 is 0. The topological polar surface area (TPSA) is 0 Å². The quantitative estimate of drug-likeness (QED) is 0.427. The summed E-state index contributed by atoms with van der Waals surface area (Å²) in [5, 5.41) is 0. The van der Waals surface area contributed by atoms with E-state index in [1.807, 2.05) is 0 Å². The smallest absolute Gasteiger partial charge is 0.00833 e. The van der Waals surface area contributed by atoms with Gasteiger partial charge in [-0.25, -0.2) is 0 Å². The fraction of sp³-hybridized carbons (Fsp3) is 1.00. The Bertz CT molecular complexity index is 36.4. The minimum atomic E-state index is 1.13. The molecule has 0 aromatic carbocycles. The first kappa shape index (κ1) is 4.38. The third-order valence-corrected chi connectivity index (χ3v) is 2.45. The van der Waals surface area contributed by atoms with E-state index < -0.39 is 0 Å². The fourth-order valence-electron chi connectivity index (χ4n) is 0.781. The maximum atomic E-state index is 2.11. The van der Waals surface area contributed by atoms with Crippen LogP contribution in [0.3, 0.4) is 0 Å². The van der Waals surface area contributed by atoms with Crippen molar-refractivity contribution in [3.05, 3.63) is 0 Å². The Morgan fingerprint density at radius 3 is 2.17 bits per heavy atom. The fourth-order valence-corrected chi connectivity index (χ4v) is 1.36. The van der Waals surface area contributed by atoms with Crippen LogP contribution < -0.4 is 0 Å². The van der Waals surface area contributed by atoms with Crippen molar-refractivity contribution in [2.75, 3.05) is 0 Å². The Labute approximate surface area is 42.4 Å². The molecule has 1 rings (SSSR count). The summed E-state index contributed by atoms with van der Waals surface area (Å²) in [5.74, 6) is 1.13. The van der Waals surface area contributed by atoms with Gasteiger partial charge in [0.25, 0.3) is 0 Å². The van der Waals surface area contributed by atoms with Crippen LogP contribution in [0.15, 0.2) is 0 Å². The molecule has 0 saturated heterocycles. The van der Waals surface area contributed by atoms with Crippen molar-refractivity contribution in [3.63, 3.8) is 0 Å². The average Bonchev–Trinajstić information content (AvgIpc) is 1.31. The normalized spacial score (nSPS) is 23.5. The molecule has 0 aromatic heterocycles. The third kappa shape index (κ3) is 0.646. The van der Waals surface area contributed by atoms with Crippen molar-refractivity contribution in [1.29, 1.82) is 0 Å². The first-order valence-corrected chi connectivity index (χ1v) is 3.72. The minimum absolute atomic E-state index is 1.13. The minimum Gasteiger partial charge on any atom is -0.0624 e. The van der Waals surface area contributed by atoms with Gasteiger partial charge in [0.2, 0.25) is 0 Å². The van der Waals surface area contributed by atoms with Gasteiger partial charge in [-0.1, -0.05) is 25.3 Å². The molecule has 0 aromatic rings. The second-order valence-corrected chi connectivity index (χ2v) is 2.66. The molecule has 1 aliphatic rings. The van der Waals surface area contributed by atoms with E-state index in [0.717, 1.165) is 5.92 Å². The van der Waals surface area contributed by atoms with Gasteiger partial charge in [-0.05, 0) is 5.92 Å². The Morgan fingerprint density at radius 2 is 2.17 bits per heavy atom. The molecule has 6 heavy (non-hydrogen) atoms. The Kier molecular flexibility index (Phi) is 1.30. The molecular formula is C5H11Si. The van der Waals surface area contributed by atoms with E-state index in [1.165, 1.54) is 25.3 Å². The lowest BCUT2D eigenvalue weighted by Gasteiger charge is -2.22. The predicted octanol–water partition coefficient (Wildman–Crippen LogP) is 0.838. The molecule has 0 nitrogen and oxygen atoms in total. The van der Waals surface area contributed by atoms with Crippen LogP contribution in [0.5, 0.6) is 0 Å².